The second kappa shape index (κ2) is 7.70. The number of aliphatic hydroxyl groups excluding tert-OH is 3. The number of quaternary nitrogens is 1. The molecule has 5 N–H and O–H groups in total. The highest BCUT2D eigenvalue weighted by molar-refractivity contribution is 5.73. The van der Waals surface area contributed by atoms with Gasteiger partial charge in [-0.3, -0.25) is 9.80 Å². The van der Waals surface area contributed by atoms with Crippen LogP contribution >= 0.6 is 0 Å². The normalized spacial score (nSPS) is 38.8. The van der Waals surface area contributed by atoms with Gasteiger partial charge in [0, 0.05) is 24.7 Å². The summed E-state index contributed by atoms with van der Waals surface area (Å²) >= 11 is 0. The number of aliphatic carboxylic acids is 1. The zero-order chi connectivity index (χ0) is 23.7. The van der Waals surface area contributed by atoms with Gasteiger partial charge < -0.3 is 30.1 Å². The molecule has 0 amide bonds. The highest BCUT2D eigenvalue weighted by Crippen LogP contribution is 2.46. The lowest BCUT2D eigenvalue weighted by Gasteiger charge is -2.62. The number of rotatable bonds is 2. The molecule has 10 nitrogen and oxygen atoms in total. The number of pyridine rings is 1. The van der Waals surface area contributed by atoms with Crippen molar-refractivity contribution in [3.05, 3.63) is 59.3 Å². The van der Waals surface area contributed by atoms with E-state index in [-0.39, 0.29) is 4.48 Å². The maximum absolute atomic E-state index is 11.8. The van der Waals surface area contributed by atoms with Crippen molar-refractivity contribution in [2.24, 2.45) is 0 Å². The van der Waals surface area contributed by atoms with E-state index in [1.165, 1.54) is 5.56 Å². The maximum atomic E-state index is 11.8. The number of anilines is 1. The summed E-state index contributed by atoms with van der Waals surface area (Å²) < 4.78 is 6.15. The van der Waals surface area contributed by atoms with Crippen molar-refractivity contribution in [1.82, 2.24) is 10.3 Å². The minimum Gasteiger partial charge on any atom is -0.479 e. The molecule has 1 spiro atoms. The van der Waals surface area contributed by atoms with E-state index in [4.69, 9.17) is 9.72 Å². The fourth-order valence-electron chi connectivity index (χ4n) is 6.51. The number of carboxylic acid groups (broad SMARTS) is 1. The highest BCUT2D eigenvalue weighted by atomic mass is 16.6. The summed E-state index contributed by atoms with van der Waals surface area (Å²) in [6.07, 6.45) is -4.78. The first-order valence-electron chi connectivity index (χ1n) is 11.7. The molecular weight excluding hydrogens is 440 g/mol. The SMILES string of the molecule is O=C(O)C1O[C@@H]([N+]23CCNC4(C2)c2ccccc2Cc2cccnc2N4CC3)C(O)C(O)[C@@H]1O. The molecule has 5 heterocycles. The van der Waals surface area contributed by atoms with Crippen molar-refractivity contribution in [3.8, 4) is 0 Å². The van der Waals surface area contributed by atoms with Crippen molar-refractivity contribution in [3.63, 3.8) is 0 Å². The van der Waals surface area contributed by atoms with Gasteiger partial charge in [0.05, 0.1) is 19.6 Å². The molecule has 7 atom stereocenters. The number of ether oxygens (including phenoxy) is 1. The molecule has 2 aromatic rings. The van der Waals surface area contributed by atoms with Crippen LogP contribution in [0, 0.1) is 0 Å². The van der Waals surface area contributed by atoms with Gasteiger partial charge in [0.15, 0.2) is 17.9 Å². The number of aromatic nitrogens is 1. The van der Waals surface area contributed by atoms with Crippen molar-refractivity contribution >= 4 is 11.8 Å². The number of carboxylic acids is 1. The van der Waals surface area contributed by atoms with Crippen LogP contribution in [0.3, 0.4) is 0 Å². The fraction of sp³-hybridized carbons (Fsp3) is 0.500. The molecule has 3 fully saturated rings. The Morgan fingerprint density at radius 3 is 2.71 bits per heavy atom. The van der Waals surface area contributed by atoms with Crippen LogP contribution in [0.25, 0.3) is 0 Å². The van der Waals surface area contributed by atoms with Gasteiger partial charge in [-0.2, -0.15) is 0 Å². The number of aliphatic hydroxyl groups is 3. The third-order valence-corrected chi connectivity index (χ3v) is 8.09. The first-order valence-corrected chi connectivity index (χ1v) is 11.7. The van der Waals surface area contributed by atoms with Crippen LogP contribution in [0.2, 0.25) is 0 Å². The van der Waals surface area contributed by atoms with E-state index < -0.39 is 42.3 Å². The van der Waals surface area contributed by atoms with E-state index in [0.29, 0.717) is 32.7 Å². The third kappa shape index (κ3) is 2.97. The van der Waals surface area contributed by atoms with Crippen molar-refractivity contribution in [2.75, 3.05) is 37.6 Å². The molecule has 3 saturated heterocycles. The molecule has 6 rings (SSSR count). The fourth-order valence-corrected chi connectivity index (χ4v) is 6.51. The molecule has 1 aromatic heterocycles. The van der Waals surface area contributed by atoms with E-state index in [1.807, 2.05) is 18.2 Å². The first kappa shape index (κ1) is 21.9. The predicted octanol–water partition coefficient (Wildman–Crippen LogP) is -1.03. The second-order valence-electron chi connectivity index (χ2n) is 9.84. The Labute approximate surface area is 196 Å². The molecule has 5 unspecified atom stereocenters. The lowest BCUT2D eigenvalue weighted by molar-refractivity contribution is -0.987. The van der Waals surface area contributed by atoms with Crippen molar-refractivity contribution in [1.29, 1.82) is 0 Å². The van der Waals surface area contributed by atoms with Gasteiger partial charge in [0.1, 0.15) is 24.6 Å². The van der Waals surface area contributed by atoms with Crippen LogP contribution in [0.15, 0.2) is 42.6 Å². The quantitative estimate of drug-likeness (QED) is 0.350. The topological polar surface area (TPSA) is 135 Å². The zero-order valence-electron chi connectivity index (χ0n) is 18.6. The van der Waals surface area contributed by atoms with Gasteiger partial charge in [-0.05, 0) is 17.2 Å². The molecule has 0 aliphatic carbocycles. The summed E-state index contributed by atoms with van der Waals surface area (Å²) in [5.41, 5.74) is 2.79. The van der Waals surface area contributed by atoms with E-state index in [1.54, 1.807) is 6.20 Å². The lowest BCUT2D eigenvalue weighted by atomic mass is 9.86. The molecular formula is C24H29N4O6+. The standard InChI is InChI=1S/C24H28N4O6/c29-17-18(30)20(23(32)33)34-22(19(17)31)28-10-8-26-24(13-28)16-6-2-1-4-14(16)12-15-5-3-7-25-21(15)27(24)9-11-28/h1-7,17-20,22,26,29-31H,8-13H2/p+1/t17?,18-,19?,20?,22+,24?,28?/m0/s1. The lowest BCUT2D eigenvalue weighted by Crippen LogP contribution is -2.83. The molecule has 180 valence electrons. The number of fused-ring (bicyclic) bond motifs is 4. The average molecular weight is 470 g/mol. The Hall–Kier alpha value is -2.60. The third-order valence-electron chi connectivity index (χ3n) is 8.09. The van der Waals surface area contributed by atoms with Crippen molar-refractivity contribution < 1.29 is 34.4 Å². The number of benzene rings is 1. The van der Waals surface area contributed by atoms with Crippen LogP contribution < -0.4 is 10.2 Å². The predicted molar refractivity (Wildman–Crippen MR) is 120 cm³/mol. The highest BCUT2D eigenvalue weighted by Gasteiger charge is 2.63. The molecule has 0 radical (unpaired) electrons. The van der Waals surface area contributed by atoms with E-state index in [9.17, 15) is 25.2 Å². The number of nitrogens with zero attached hydrogens (tertiary/aromatic N) is 3. The van der Waals surface area contributed by atoms with Crippen LogP contribution in [-0.2, 0) is 21.6 Å². The Kier molecular flexibility index (Phi) is 4.96. The molecule has 4 aliphatic rings. The number of piperazine rings is 2. The maximum Gasteiger partial charge on any atom is 0.335 e. The van der Waals surface area contributed by atoms with Crippen LogP contribution in [-0.4, -0.2) is 99.2 Å². The number of hydrogen-bond acceptors (Lipinski definition) is 8. The molecule has 1 aromatic carbocycles. The van der Waals surface area contributed by atoms with Gasteiger partial charge >= 0.3 is 5.97 Å². The number of hydrogen-bond donors (Lipinski definition) is 5. The minimum atomic E-state index is -1.70. The Balaban J connectivity index is 1.47. The first-order chi connectivity index (χ1) is 16.4. The smallest absolute Gasteiger partial charge is 0.335 e. The Bertz CT molecular complexity index is 1130. The Morgan fingerprint density at radius 1 is 1.09 bits per heavy atom. The molecule has 4 aliphatic heterocycles. The summed E-state index contributed by atoms with van der Waals surface area (Å²) in [5.74, 6) is -0.446. The monoisotopic (exact) mass is 469 g/mol. The van der Waals surface area contributed by atoms with Gasteiger partial charge in [-0.25, -0.2) is 9.78 Å². The average Bonchev–Trinajstić information content (AvgIpc) is 2.94. The van der Waals surface area contributed by atoms with Crippen LogP contribution in [0.4, 0.5) is 5.82 Å². The number of nitrogens with one attached hydrogen (secondary N) is 1. The minimum absolute atomic E-state index is 0.273. The Morgan fingerprint density at radius 2 is 1.88 bits per heavy atom. The van der Waals surface area contributed by atoms with Gasteiger partial charge in [-0.15, -0.1) is 0 Å². The van der Waals surface area contributed by atoms with Crippen LogP contribution in [0.5, 0.6) is 0 Å². The molecule has 0 saturated carbocycles. The van der Waals surface area contributed by atoms with E-state index >= 15 is 0 Å². The van der Waals surface area contributed by atoms with Crippen LogP contribution in [0.1, 0.15) is 16.7 Å². The molecule has 34 heavy (non-hydrogen) atoms. The van der Waals surface area contributed by atoms with Crippen molar-refractivity contribution in [2.45, 2.75) is 42.7 Å². The summed E-state index contributed by atoms with van der Waals surface area (Å²) in [6, 6.07) is 12.3. The summed E-state index contributed by atoms with van der Waals surface area (Å²) in [4.78, 5) is 18.8. The summed E-state index contributed by atoms with van der Waals surface area (Å²) in [5, 5.41) is 45.1. The van der Waals surface area contributed by atoms with Gasteiger partial charge in [0.25, 0.3) is 0 Å². The molecule has 2 bridgehead atoms. The van der Waals surface area contributed by atoms with Gasteiger partial charge in [-0.1, -0.05) is 30.3 Å². The second-order valence-corrected chi connectivity index (χ2v) is 9.84. The molecule has 10 heteroatoms. The summed E-state index contributed by atoms with van der Waals surface area (Å²) in [6.45, 7) is 2.82. The van der Waals surface area contributed by atoms with Gasteiger partial charge in [0.2, 0.25) is 6.23 Å². The van der Waals surface area contributed by atoms with E-state index in [2.05, 4.69) is 28.4 Å². The zero-order valence-corrected chi connectivity index (χ0v) is 18.6. The summed E-state index contributed by atoms with van der Waals surface area (Å²) in [7, 11) is 0. The van der Waals surface area contributed by atoms with E-state index in [0.717, 1.165) is 23.4 Å². The largest absolute Gasteiger partial charge is 0.479 e. The number of carbonyl (C=O) groups is 1.